The molecule has 4 nitrogen and oxygen atoms in total. The minimum Gasteiger partial charge on any atom is -0.481 e. The van der Waals surface area contributed by atoms with Crippen molar-refractivity contribution in [3.63, 3.8) is 0 Å². The highest BCUT2D eigenvalue weighted by Crippen LogP contribution is 2.18. The smallest absolute Gasteiger partial charge is 0.303 e. The lowest BCUT2D eigenvalue weighted by Crippen LogP contribution is -2.06. The predicted molar refractivity (Wildman–Crippen MR) is 89.7 cm³/mol. The van der Waals surface area contributed by atoms with Gasteiger partial charge in [0.2, 0.25) is 0 Å². The highest BCUT2D eigenvalue weighted by atomic mass is 35.5. The van der Waals surface area contributed by atoms with Crippen molar-refractivity contribution in [2.45, 2.75) is 77.6 Å². The molecule has 0 saturated heterocycles. The number of halogens is 2. The zero-order valence-corrected chi connectivity index (χ0v) is 14.5. The fraction of sp³-hybridized carbons (Fsp3) is 0.867. The molecule has 0 rings (SSSR count). The maximum Gasteiger partial charge on any atom is 0.303 e. The van der Waals surface area contributed by atoms with Gasteiger partial charge in [-0.15, -0.1) is 24.8 Å². The van der Waals surface area contributed by atoms with Gasteiger partial charge in [0.15, 0.2) is 0 Å². The van der Waals surface area contributed by atoms with E-state index in [1.54, 1.807) is 0 Å². The lowest BCUT2D eigenvalue weighted by atomic mass is 9.95. The molecule has 1 unspecified atom stereocenters. The molecule has 0 saturated carbocycles. The van der Waals surface area contributed by atoms with Gasteiger partial charge in [-0.3, -0.25) is 9.59 Å². The molecule has 0 radical (unpaired) electrons. The first-order chi connectivity index (χ1) is 9.06. The minimum atomic E-state index is -0.705. The third kappa shape index (κ3) is 19.5. The number of rotatable bonds is 13. The number of unbranched alkanes of at least 4 members (excludes halogenated alkanes) is 6. The van der Waals surface area contributed by atoms with Crippen LogP contribution in [0.2, 0.25) is 0 Å². The van der Waals surface area contributed by atoms with Crippen LogP contribution < -0.4 is 0 Å². The number of hydrogen-bond acceptors (Lipinski definition) is 2. The quantitative estimate of drug-likeness (QED) is 0.464. The summed E-state index contributed by atoms with van der Waals surface area (Å²) >= 11 is 0. The third-order valence-corrected chi connectivity index (χ3v) is 3.54. The highest BCUT2D eigenvalue weighted by Gasteiger charge is 2.10. The summed E-state index contributed by atoms with van der Waals surface area (Å²) in [5.74, 6) is -1.07. The monoisotopic (exact) mass is 344 g/mol. The lowest BCUT2D eigenvalue weighted by Gasteiger charge is -2.11. The SMILES string of the molecule is CCC(CCCCCCCCCC(=O)O)CC(=O)O.Cl.Cl. The van der Waals surface area contributed by atoms with Gasteiger partial charge < -0.3 is 10.2 Å². The Bertz CT molecular complexity index is 260. The van der Waals surface area contributed by atoms with Gasteiger partial charge in [0.25, 0.3) is 0 Å². The van der Waals surface area contributed by atoms with Gasteiger partial charge in [-0.1, -0.05) is 51.9 Å². The second-order valence-electron chi connectivity index (χ2n) is 5.28. The predicted octanol–water partition coefficient (Wildman–Crippen LogP) is 4.93. The molecule has 0 aliphatic heterocycles. The summed E-state index contributed by atoms with van der Waals surface area (Å²) in [6.07, 6.45) is 10.1. The molecule has 0 spiro atoms. The first-order valence-corrected chi connectivity index (χ1v) is 7.49. The molecule has 128 valence electrons. The molecule has 0 aromatic heterocycles. The van der Waals surface area contributed by atoms with E-state index in [9.17, 15) is 9.59 Å². The van der Waals surface area contributed by atoms with Crippen molar-refractivity contribution >= 4 is 36.8 Å². The van der Waals surface area contributed by atoms with E-state index in [-0.39, 0.29) is 31.2 Å². The topological polar surface area (TPSA) is 74.6 Å². The summed E-state index contributed by atoms with van der Waals surface area (Å²) < 4.78 is 0. The Morgan fingerprint density at radius 3 is 1.71 bits per heavy atom. The molecule has 0 aromatic carbocycles. The van der Waals surface area contributed by atoms with Crippen molar-refractivity contribution in [1.29, 1.82) is 0 Å². The first-order valence-electron chi connectivity index (χ1n) is 7.49. The largest absolute Gasteiger partial charge is 0.481 e. The molecular weight excluding hydrogens is 315 g/mol. The molecule has 1 atom stereocenters. The van der Waals surface area contributed by atoms with Crippen LogP contribution in [0.25, 0.3) is 0 Å². The van der Waals surface area contributed by atoms with Crippen molar-refractivity contribution in [1.82, 2.24) is 0 Å². The summed E-state index contributed by atoms with van der Waals surface area (Å²) in [5.41, 5.74) is 0. The van der Waals surface area contributed by atoms with E-state index in [4.69, 9.17) is 10.2 Å². The average Bonchev–Trinajstić information content (AvgIpc) is 2.34. The summed E-state index contributed by atoms with van der Waals surface area (Å²) in [4.78, 5) is 20.9. The van der Waals surface area contributed by atoms with E-state index in [0.29, 0.717) is 12.3 Å². The second-order valence-corrected chi connectivity index (χ2v) is 5.28. The average molecular weight is 345 g/mol. The molecule has 0 heterocycles. The standard InChI is InChI=1S/C15H28O4.2ClH/c1-2-13(12-15(18)19)10-8-6-4-3-5-7-9-11-14(16)17;;/h13H,2-12H2,1H3,(H,16,17)(H,18,19);2*1H. The maximum absolute atomic E-state index is 10.6. The molecule has 6 heteroatoms. The summed E-state index contributed by atoms with van der Waals surface area (Å²) in [6, 6.07) is 0. The van der Waals surface area contributed by atoms with Crippen molar-refractivity contribution in [3.05, 3.63) is 0 Å². The van der Waals surface area contributed by atoms with Crippen LogP contribution in [0.15, 0.2) is 0 Å². The Morgan fingerprint density at radius 1 is 0.810 bits per heavy atom. The van der Waals surface area contributed by atoms with Gasteiger partial charge in [0, 0.05) is 12.8 Å². The molecule has 0 aliphatic carbocycles. The van der Waals surface area contributed by atoms with Crippen molar-refractivity contribution < 1.29 is 19.8 Å². The highest BCUT2D eigenvalue weighted by molar-refractivity contribution is 5.85. The fourth-order valence-corrected chi connectivity index (χ4v) is 2.29. The van der Waals surface area contributed by atoms with Gasteiger partial charge >= 0.3 is 11.9 Å². The van der Waals surface area contributed by atoms with Crippen molar-refractivity contribution in [2.75, 3.05) is 0 Å². The van der Waals surface area contributed by atoms with E-state index < -0.39 is 11.9 Å². The van der Waals surface area contributed by atoms with Gasteiger partial charge in [0.1, 0.15) is 0 Å². The molecular formula is C15H30Cl2O4. The zero-order valence-electron chi connectivity index (χ0n) is 12.9. The molecule has 0 amide bonds. The van der Waals surface area contributed by atoms with Crippen LogP contribution in [0.5, 0.6) is 0 Å². The Labute approximate surface area is 140 Å². The first kappa shape index (κ1) is 25.5. The second kappa shape index (κ2) is 17.6. The van der Waals surface area contributed by atoms with Gasteiger partial charge in [-0.05, 0) is 18.8 Å². The lowest BCUT2D eigenvalue weighted by molar-refractivity contribution is -0.138. The van der Waals surface area contributed by atoms with Crippen LogP contribution in [0.3, 0.4) is 0 Å². The Kier molecular flexibility index (Phi) is 21.3. The van der Waals surface area contributed by atoms with E-state index >= 15 is 0 Å². The Balaban J connectivity index is -0.00000162. The van der Waals surface area contributed by atoms with E-state index in [0.717, 1.165) is 51.4 Å². The van der Waals surface area contributed by atoms with Gasteiger partial charge in [-0.25, -0.2) is 0 Å². The molecule has 21 heavy (non-hydrogen) atoms. The van der Waals surface area contributed by atoms with E-state index in [1.807, 2.05) is 0 Å². The molecule has 0 aliphatic rings. The summed E-state index contributed by atoms with van der Waals surface area (Å²) in [5, 5.41) is 17.2. The van der Waals surface area contributed by atoms with Crippen molar-refractivity contribution in [2.24, 2.45) is 5.92 Å². The van der Waals surface area contributed by atoms with Crippen LogP contribution in [-0.4, -0.2) is 22.2 Å². The van der Waals surface area contributed by atoms with E-state index in [1.165, 1.54) is 6.42 Å². The Hall–Kier alpha value is -0.480. The zero-order chi connectivity index (χ0) is 14.5. The van der Waals surface area contributed by atoms with Crippen LogP contribution in [0.4, 0.5) is 0 Å². The summed E-state index contributed by atoms with van der Waals surface area (Å²) in [6.45, 7) is 2.05. The van der Waals surface area contributed by atoms with Gasteiger partial charge in [0.05, 0.1) is 0 Å². The number of carboxylic acid groups (broad SMARTS) is 2. The third-order valence-electron chi connectivity index (χ3n) is 3.54. The number of hydrogen-bond donors (Lipinski definition) is 2. The van der Waals surface area contributed by atoms with Crippen LogP contribution in [0.1, 0.15) is 77.6 Å². The Morgan fingerprint density at radius 2 is 1.29 bits per heavy atom. The maximum atomic E-state index is 10.6. The van der Waals surface area contributed by atoms with Crippen LogP contribution in [-0.2, 0) is 9.59 Å². The van der Waals surface area contributed by atoms with E-state index in [2.05, 4.69) is 6.92 Å². The van der Waals surface area contributed by atoms with Gasteiger partial charge in [-0.2, -0.15) is 0 Å². The van der Waals surface area contributed by atoms with Crippen LogP contribution >= 0.6 is 24.8 Å². The minimum absolute atomic E-state index is 0. The number of carbonyl (C=O) groups is 2. The number of aliphatic carboxylic acids is 2. The van der Waals surface area contributed by atoms with Crippen molar-refractivity contribution in [3.8, 4) is 0 Å². The molecule has 2 N–H and O–H groups in total. The number of carboxylic acids is 2. The molecule has 0 aromatic rings. The normalized spacial score (nSPS) is 11.1. The van der Waals surface area contributed by atoms with Crippen LogP contribution in [0, 0.1) is 5.92 Å². The fourth-order valence-electron chi connectivity index (χ4n) is 2.29. The molecule has 0 bridgehead atoms. The molecule has 0 fully saturated rings. The summed E-state index contributed by atoms with van der Waals surface area (Å²) in [7, 11) is 0.